The SMILES string of the molecule is CCCCCCCCCCCC(=O)NC1CCN(C(=O)C2Sc3ccccc3N(CC)C2=O)CC1. The molecule has 7 heteroatoms. The molecule has 0 bridgehead atoms. The van der Waals surface area contributed by atoms with Gasteiger partial charge in [-0.1, -0.05) is 70.4 Å². The van der Waals surface area contributed by atoms with Crippen molar-refractivity contribution in [3.8, 4) is 0 Å². The van der Waals surface area contributed by atoms with Crippen molar-refractivity contribution in [3.63, 3.8) is 0 Å². The fourth-order valence-electron chi connectivity index (χ4n) is 5.01. The highest BCUT2D eigenvalue weighted by atomic mass is 32.2. The number of rotatable bonds is 13. The van der Waals surface area contributed by atoms with Crippen molar-refractivity contribution in [1.29, 1.82) is 0 Å². The maximum atomic E-state index is 13.2. The highest BCUT2D eigenvalue weighted by Crippen LogP contribution is 2.39. The second kappa shape index (κ2) is 14.5. The maximum Gasteiger partial charge on any atom is 0.250 e. The lowest BCUT2D eigenvalue weighted by Crippen LogP contribution is -2.53. The Morgan fingerprint density at radius 2 is 1.57 bits per heavy atom. The van der Waals surface area contributed by atoms with Gasteiger partial charge in [0.1, 0.15) is 0 Å². The minimum atomic E-state index is -0.720. The zero-order valence-electron chi connectivity index (χ0n) is 21.6. The molecule has 0 aliphatic carbocycles. The molecule has 1 atom stereocenters. The summed E-state index contributed by atoms with van der Waals surface area (Å²) in [6.45, 7) is 5.90. The van der Waals surface area contributed by atoms with Crippen LogP contribution in [0, 0.1) is 0 Å². The summed E-state index contributed by atoms with van der Waals surface area (Å²) in [5.41, 5.74) is 0.891. The van der Waals surface area contributed by atoms with Crippen LogP contribution in [-0.4, -0.2) is 53.5 Å². The Balaban J connectivity index is 1.35. The van der Waals surface area contributed by atoms with Crippen LogP contribution in [0.15, 0.2) is 29.2 Å². The van der Waals surface area contributed by atoms with Crippen LogP contribution in [0.5, 0.6) is 0 Å². The molecule has 0 saturated carbocycles. The molecule has 194 valence electrons. The van der Waals surface area contributed by atoms with Crippen molar-refractivity contribution in [3.05, 3.63) is 24.3 Å². The number of benzene rings is 1. The topological polar surface area (TPSA) is 69.7 Å². The molecule has 0 spiro atoms. The van der Waals surface area contributed by atoms with Gasteiger partial charge in [-0.25, -0.2) is 0 Å². The van der Waals surface area contributed by atoms with Crippen LogP contribution in [0.4, 0.5) is 5.69 Å². The maximum absolute atomic E-state index is 13.2. The lowest BCUT2D eigenvalue weighted by atomic mass is 10.0. The minimum absolute atomic E-state index is 0.104. The van der Waals surface area contributed by atoms with E-state index in [1.165, 1.54) is 56.7 Å². The van der Waals surface area contributed by atoms with Gasteiger partial charge >= 0.3 is 0 Å². The van der Waals surface area contributed by atoms with Crippen molar-refractivity contribution in [2.75, 3.05) is 24.5 Å². The summed E-state index contributed by atoms with van der Waals surface area (Å²) in [6, 6.07) is 7.90. The number of likely N-dealkylation sites (tertiary alicyclic amines) is 1. The molecule has 1 fully saturated rings. The third kappa shape index (κ3) is 7.99. The van der Waals surface area contributed by atoms with E-state index in [0.29, 0.717) is 26.1 Å². The summed E-state index contributed by atoms with van der Waals surface area (Å²) in [6.07, 6.45) is 13.3. The molecule has 0 aromatic heterocycles. The number of unbranched alkanes of at least 4 members (excludes halogenated alkanes) is 8. The van der Waals surface area contributed by atoms with Crippen LogP contribution in [0.3, 0.4) is 0 Å². The molecule has 35 heavy (non-hydrogen) atoms. The van der Waals surface area contributed by atoms with E-state index in [1.54, 1.807) is 9.80 Å². The normalized spacial score (nSPS) is 18.5. The van der Waals surface area contributed by atoms with Gasteiger partial charge in [0, 0.05) is 37.0 Å². The molecule has 2 aliphatic heterocycles. The summed E-state index contributed by atoms with van der Waals surface area (Å²) in [4.78, 5) is 43.1. The number of anilines is 1. The Morgan fingerprint density at radius 3 is 2.23 bits per heavy atom. The third-order valence-electron chi connectivity index (χ3n) is 7.11. The summed E-state index contributed by atoms with van der Waals surface area (Å²) < 4.78 is 0. The van der Waals surface area contributed by atoms with E-state index in [1.807, 2.05) is 31.2 Å². The van der Waals surface area contributed by atoms with E-state index < -0.39 is 5.25 Å². The van der Waals surface area contributed by atoms with E-state index in [4.69, 9.17) is 0 Å². The van der Waals surface area contributed by atoms with Gasteiger partial charge in [0.25, 0.3) is 0 Å². The van der Waals surface area contributed by atoms with Crippen LogP contribution in [0.25, 0.3) is 0 Å². The van der Waals surface area contributed by atoms with Gasteiger partial charge < -0.3 is 15.1 Å². The van der Waals surface area contributed by atoms with Crippen molar-refractivity contribution in [2.45, 2.75) is 107 Å². The first kappa shape index (κ1) is 27.6. The number of fused-ring (bicyclic) bond motifs is 1. The van der Waals surface area contributed by atoms with Gasteiger partial charge in [-0.05, 0) is 38.3 Å². The van der Waals surface area contributed by atoms with Crippen LogP contribution < -0.4 is 10.2 Å². The van der Waals surface area contributed by atoms with Crippen molar-refractivity contribution in [2.24, 2.45) is 0 Å². The lowest BCUT2D eigenvalue weighted by molar-refractivity contribution is -0.135. The predicted molar refractivity (Wildman–Crippen MR) is 144 cm³/mol. The van der Waals surface area contributed by atoms with E-state index in [-0.39, 0.29) is 23.8 Å². The van der Waals surface area contributed by atoms with Crippen LogP contribution in [0.1, 0.15) is 90.9 Å². The molecular weight excluding hydrogens is 458 g/mol. The number of carbonyl (C=O) groups excluding carboxylic acids is 3. The van der Waals surface area contributed by atoms with Crippen molar-refractivity contribution in [1.82, 2.24) is 10.2 Å². The number of para-hydroxylation sites is 1. The van der Waals surface area contributed by atoms with E-state index >= 15 is 0 Å². The number of hydrogen-bond donors (Lipinski definition) is 1. The summed E-state index contributed by atoms with van der Waals surface area (Å²) in [7, 11) is 0. The van der Waals surface area contributed by atoms with Crippen LogP contribution >= 0.6 is 11.8 Å². The van der Waals surface area contributed by atoms with Gasteiger partial charge in [0.2, 0.25) is 17.7 Å². The van der Waals surface area contributed by atoms with Crippen molar-refractivity contribution < 1.29 is 14.4 Å². The Morgan fingerprint density at radius 1 is 0.943 bits per heavy atom. The molecule has 3 rings (SSSR count). The molecule has 0 radical (unpaired) electrons. The number of thioether (sulfide) groups is 1. The average molecular weight is 502 g/mol. The third-order valence-corrected chi connectivity index (χ3v) is 8.35. The number of nitrogens with one attached hydrogen (secondary N) is 1. The van der Waals surface area contributed by atoms with Gasteiger partial charge in [-0.3, -0.25) is 14.4 Å². The molecule has 1 unspecified atom stereocenters. The number of carbonyl (C=O) groups is 3. The standard InChI is InChI=1S/C28H43N3O3S/c1-3-5-6-7-8-9-10-11-12-17-25(32)29-22-18-20-30(21-19-22)27(33)26-28(34)31(4-2)23-15-13-14-16-24(23)35-26/h13-16,22,26H,3-12,17-21H2,1-2H3,(H,29,32). The van der Waals surface area contributed by atoms with Crippen molar-refractivity contribution >= 4 is 35.2 Å². The van der Waals surface area contributed by atoms with E-state index in [9.17, 15) is 14.4 Å². The zero-order valence-corrected chi connectivity index (χ0v) is 22.4. The minimum Gasteiger partial charge on any atom is -0.353 e. The first-order chi connectivity index (χ1) is 17.0. The summed E-state index contributed by atoms with van der Waals surface area (Å²) in [5, 5.41) is 2.44. The zero-order chi connectivity index (χ0) is 25.0. The fraction of sp³-hybridized carbons (Fsp3) is 0.679. The smallest absolute Gasteiger partial charge is 0.250 e. The first-order valence-corrected chi connectivity index (χ1v) is 14.6. The van der Waals surface area contributed by atoms with Crippen LogP contribution in [-0.2, 0) is 14.4 Å². The summed E-state index contributed by atoms with van der Waals surface area (Å²) >= 11 is 1.36. The highest BCUT2D eigenvalue weighted by molar-refractivity contribution is 8.01. The molecule has 6 nitrogen and oxygen atoms in total. The first-order valence-electron chi connectivity index (χ1n) is 13.7. The second-order valence-electron chi connectivity index (χ2n) is 9.79. The average Bonchev–Trinajstić information content (AvgIpc) is 2.87. The lowest BCUT2D eigenvalue weighted by Gasteiger charge is -2.37. The largest absolute Gasteiger partial charge is 0.353 e. The molecule has 3 amide bonds. The number of amides is 3. The molecular formula is C28H43N3O3S. The molecule has 1 aromatic carbocycles. The van der Waals surface area contributed by atoms with Gasteiger partial charge in [0.05, 0.1) is 5.69 Å². The molecule has 2 aliphatic rings. The molecule has 1 N–H and O–H groups in total. The Hall–Kier alpha value is -2.02. The van der Waals surface area contributed by atoms with Gasteiger partial charge in [0.15, 0.2) is 5.25 Å². The molecule has 2 heterocycles. The predicted octanol–water partition coefficient (Wildman–Crippen LogP) is 5.54. The summed E-state index contributed by atoms with van der Waals surface area (Å²) in [5.74, 6) is -0.101. The highest BCUT2D eigenvalue weighted by Gasteiger charge is 2.40. The van der Waals surface area contributed by atoms with Gasteiger partial charge in [-0.15, -0.1) is 11.8 Å². The fourth-order valence-corrected chi connectivity index (χ4v) is 6.19. The van der Waals surface area contributed by atoms with E-state index in [2.05, 4.69) is 12.2 Å². The molecule has 1 saturated heterocycles. The second-order valence-corrected chi connectivity index (χ2v) is 10.9. The van der Waals surface area contributed by atoms with E-state index in [0.717, 1.165) is 36.3 Å². The number of hydrogen-bond acceptors (Lipinski definition) is 4. The number of piperidine rings is 1. The molecule has 1 aromatic rings. The number of nitrogens with zero attached hydrogens (tertiary/aromatic N) is 2. The quantitative estimate of drug-likeness (QED) is 0.285. The Bertz CT molecular complexity index is 838. The van der Waals surface area contributed by atoms with Crippen LogP contribution in [0.2, 0.25) is 0 Å². The monoisotopic (exact) mass is 501 g/mol. The Labute approximate surface area is 215 Å². The Kier molecular flexibility index (Phi) is 11.4. The van der Waals surface area contributed by atoms with Gasteiger partial charge in [-0.2, -0.15) is 0 Å².